The van der Waals surface area contributed by atoms with Crippen LogP contribution in [0.4, 0.5) is 0 Å². The molecule has 2 aromatic rings. The number of halogens is 1. The van der Waals surface area contributed by atoms with Gasteiger partial charge in [-0.25, -0.2) is 0 Å². The molecule has 0 aromatic heterocycles. The SMILES string of the molecule is C[C@H](CC(=O)OC(C)(C)C)C(=O)O[C@@H](C)[C@H](Oc1ccc(Cl)cc1)c1ccccc1. The molecule has 0 spiro atoms. The first-order chi connectivity index (χ1) is 14.0. The molecule has 0 bridgehead atoms. The van der Waals surface area contributed by atoms with Crippen LogP contribution in [-0.2, 0) is 19.1 Å². The highest BCUT2D eigenvalue weighted by Crippen LogP contribution is 2.28. The van der Waals surface area contributed by atoms with Crippen LogP contribution in [0.25, 0.3) is 0 Å². The van der Waals surface area contributed by atoms with Gasteiger partial charge in [-0.1, -0.05) is 48.9 Å². The second-order valence-corrected chi connectivity index (χ2v) is 8.67. The fraction of sp³-hybridized carbons (Fsp3) is 0.417. The first-order valence-electron chi connectivity index (χ1n) is 9.94. The van der Waals surface area contributed by atoms with Crippen LogP contribution in [0.2, 0.25) is 5.02 Å². The van der Waals surface area contributed by atoms with E-state index in [0.717, 1.165) is 5.56 Å². The van der Waals surface area contributed by atoms with Crippen molar-refractivity contribution in [1.29, 1.82) is 0 Å². The molecular weight excluding hydrogens is 404 g/mol. The largest absolute Gasteiger partial charge is 0.482 e. The summed E-state index contributed by atoms with van der Waals surface area (Å²) in [7, 11) is 0. The van der Waals surface area contributed by atoms with Gasteiger partial charge in [0.1, 0.15) is 17.5 Å². The minimum atomic E-state index is -0.630. The topological polar surface area (TPSA) is 61.8 Å². The number of hydrogen-bond acceptors (Lipinski definition) is 5. The zero-order valence-corrected chi connectivity index (χ0v) is 18.8. The predicted octanol–water partition coefficient (Wildman–Crippen LogP) is 5.76. The zero-order valence-electron chi connectivity index (χ0n) is 18.1. The lowest BCUT2D eigenvalue weighted by atomic mass is 10.0. The first-order valence-corrected chi connectivity index (χ1v) is 10.3. The fourth-order valence-electron chi connectivity index (χ4n) is 2.82. The summed E-state index contributed by atoms with van der Waals surface area (Å²) in [5, 5.41) is 0.606. The Kier molecular flexibility index (Phi) is 8.30. The van der Waals surface area contributed by atoms with Gasteiger partial charge in [-0.2, -0.15) is 0 Å². The van der Waals surface area contributed by atoms with Crippen molar-refractivity contribution in [2.24, 2.45) is 5.92 Å². The molecule has 0 unspecified atom stereocenters. The van der Waals surface area contributed by atoms with Gasteiger partial charge in [-0.15, -0.1) is 0 Å². The quantitative estimate of drug-likeness (QED) is 0.496. The molecule has 0 saturated carbocycles. The number of rotatable bonds is 8. The molecule has 0 radical (unpaired) electrons. The summed E-state index contributed by atoms with van der Waals surface area (Å²) in [6.45, 7) is 8.78. The highest BCUT2D eigenvalue weighted by atomic mass is 35.5. The lowest BCUT2D eigenvalue weighted by Crippen LogP contribution is -2.31. The van der Waals surface area contributed by atoms with E-state index < -0.39 is 35.7 Å². The van der Waals surface area contributed by atoms with E-state index in [2.05, 4.69) is 0 Å². The third kappa shape index (κ3) is 7.71. The van der Waals surface area contributed by atoms with Crippen molar-refractivity contribution in [2.45, 2.75) is 58.8 Å². The zero-order chi connectivity index (χ0) is 22.3. The second kappa shape index (κ2) is 10.5. The molecule has 0 amide bonds. The average molecular weight is 433 g/mol. The van der Waals surface area contributed by atoms with Crippen molar-refractivity contribution < 1.29 is 23.8 Å². The summed E-state index contributed by atoms with van der Waals surface area (Å²) < 4.78 is 17.1. The van der Waals surface area contributed by atoms with Gasteiger partial charge >= 0.3 is 11.9 Å². The van der Waals surface area contributed by atoms with Crippen LogP contribution in [0.3, 0.4) is 0 Å². The van der Waals surface area contributed by atoms with Crippen LogP contribution < -0.4 is 4.74 Å². The number of hydrogen-bond donors (Lipinski definition) is 0. The Labute approximate surface area is 183 Å². The van der Waals surface area contributed by atoms with Gasteiger partial charge in [-0.3, -0.25) is 9.59 Å². The third-order valence-corrected chi connectivity index (χ3v) is 4.48. The maximum absolute atomic E-state index is 12.6. The second-order valence-electron chi connectivity index (χ2n) is 8.24. The maximum atomic E-state index is 12.6. The summed E-state index contributed by atoms with van der Waals surface area (Å²) in [5.41, 5.74) is 0.270. The van der Waals surface area contributed by atoms with Crippen LogP contribution in [-0.4, -0.2) is 23.6 Å². The Hall–Kier alpha value is -2.53. The van der Waals surface area contributed by atoms with Gasteiger partial charge in [-0.05, 0) is 57.5 Å². The number of carbonyl (C=O) groups excluding carboxylic acids is 2. The molecule has 2 rings (SSSR count). The summed E-state index contributed by atoms with van der Waals surface area (Å²) in [4.78, 5) is 24.6. The Morgan fingerprint density at radius 1 is 0.967 bits per heavy atom. The molecule has 0 aliphatic carbocycles. The monoisotopic (exact) mass is 432 g/mol. The van der Waals surface area contributed by atoms with E-state index in [1.54, 1.807) is 58.9 Å². The van der Waals surface area contributed by atoms with Crippen LogP contribution >= 0.6 is 11.6 Å². The summed E-state index contributed by atoms with van der Waals surface area (Å²) in [6.07, 6.45) is -1.15. The fourth-order valence-corrected chi connectivity index (χ4v) is 2.94. The molecule has 0 fully saturated rings. The predicted molar refractivity (Wildman–Crippen MR) is 116 cm³/mol. The average Bonchev–Trinajstić information content (AvgIpc) is 2.66. The Morgan fingerprint density at radius 2 is 1.57 bits per heavy atom. The molecule has 2 aromatic carbocycles. The van der Waals surface area contributed by atoms with Crippen LogP contribution in [0, 0.1) is 5.92 Å². The molecule has 0 aliphatic heterocycles. The van der Waals surface area contributed by atoms with Crippen LogP contribution in [0.1, 0.15) is 52.7 Å². The molecule has 3 atom stereocenters. The van der Waals surface area contributed by atoms with E-state index >= 15 is 0 Å². The van der Waals surface area contributed by atoms with Crippen molar-refractivity contribution in [3.8, 4) is 5.75 Å². The third-order valence-electron chi connectivity index (χ3n) is 4.23. The molecule has 6 heteroatoms. The smallest absolute Gasteiger partial charge is 0.309 e. The van der Waals surface area contributed by atoms with Crippen molar-refractivity contribution >= 4 is 23.5 Å². The molecule has 0 aliphatic rings. The molecule has 5 nitrogen and oxygen atoms in total. The number of esters is 2. The van der Waals surface area contributed by atoms with E-state index in [1.165, 1.54) is 0 Å². The normalized spacial score (nSPS) is 14.3. The molecule has 30 heavy (non-hydrogen) atoms. The summed E-state index contributed by atoms with van der Waals surface area (Å²) in [6, 6.07) is 16.5. The lowest BCUT2D eigenvalue weighted by molar-refractivity contribution is -0.165. The van der Waals surface area contributed by atoms with E-state index in [4.69, 9.17) is 25.8 Å². The van der Waals surface area contributed by atoms with Crippen molar-refractivity contribution in [3.63, 3.8) is 0 Å². The van der Waals surface area contributed by atoms with E-state index in [1.807, 2.05) is 30.3 Å². The summed E-state index contributed by atoms with van der Waals surface area (Å²) >= 11 is 5.95. The molecule has 0 heterocycles. The number of benzene rings is 2. The standard InChI is InChI=1S/C24H29ClO5/c1-16(15-21(26)30-24(3,4)5)23(27)28-17(2)22(18-9-7-6-8-10-18)29-20-13-11-19(25)12-14-20/h6-14,16-17,22H,15H2,1-5H3/t16-,17+,22+/m1/s1. The molecule has 162 valence electrons. The lowest BCUT2D eigenvalue weighted by Gasteiger charge is -2.27. The Balaban J connectivity index is 2.08. The first kappa shape index (κ1) is 23.7. The van der Waals surface area contributed by atoms with Crippen molar-refractivity contribution in [1.82, 2.24) is 0 Å². The minimum absolute atomic E-state index is 0.0448. The highest BCUT2D eigenvalue weighted by molar-refractivity contribution is 6.30. The van der Waals surface area contributed by atoms with Crippen molar-refractivity contribution in [3.05, 3.63) is 65.2 Å². The van der Waals surface area contributed by atoms with E-state index in [-0.39, 0.29) is 6.42 Å². The summed E-state index contributed by atoms with van der Waals surface area (Å²) in [5.74, 6) is -0.933. The number of ether oxygens (including phenoxy) is 3. The van der Waals surface area contributed by atoms with Gasteiger partial charge < -0.3 is 14.2 Å². The van der Waals surface area contributed by atoms with Gasteiger partial charge in [0.25, 0.3) is 0 Å². The molecular formula is C24H29ClO5. The van der Waals surface area contributed by atoms with Crippen LogP contribution in [0.15, 0.2) is 54.6 Å². The van der Waals surface area contributed by atoms with Gasteiger partial charge in [0, 0.05) is 5.02 Å². The van der Waals surface area contributed by atoms with Gasteiger partial charge in [0.05, 0.1) is 12.3 Å². The Morgan fingerprint density at radius 3 is 2.13 bits per heavy atom. The highest BCUT2D eigenvalue weighted by Gasteiger charge is 2.29. The van der Waals surface area contributed by atoms with E-state index in [0.29, 0.717) is 10.8 Å². The van der Waals surface area contributed by atoms with Crippen LogP contribution in [0.5, 0.6) is 5.75 Å². The minimum Gasteiger partial charge on any atom is -0.482 e. The maximum Gasteiger partial charge on any atom is 0.309 e. The number of carbonyl (C=O) groups is 2. The molecule has 0 N–H and O–H groups in total. The van der Waals surface area contributed by atoms with E-state index in [9.17, 15) is 9.59 Å². The van der Waals surface area contributed by atoms with Crippen molar-refractivity contribution in [2.75, 3.05) is 0 Å². The van der Waals surface area contributed by atoms with Gasteiger partial charge in [0.2, 0.25) is 0 Å². The Bertz CT molecular complexity index is 827. The van der Waals surface area contributed by atoms with Gasteiger partial charge in [0.15, 0.2) is 6.10 Å². The molecule has 0 saturated heterocycles.